The maximum atomic E-state index is 12.0. The first kappa shape index (κ1) is 14.7. The number of aromatic nitrogens is 2. The summed E-state index contributed by atoms with van der Waals surface area (Å²) < 4.78 is 1.68. The van der Waals surface area contributed by atoms with Gasteiger partial charge in [0.1, 0.15) is 6.54 Å². The van der Waals surface area contributed by atoms with E-state index in [1.807, 2.05) is 33.8 Å². The number of nitrogens with one attached hydrogen (secondary N) is 1. The van der Waals surface area contributed by atoms with Crippen molar-refractivity contribution in [1.82, 2.24) is 15.1 Å². The van der Waals surface area contributed by atoms with Crippen LogP contribution in [0.1, 0.15) is 38.1 Å². The van der Waals surface area contributed by atoms with Crippen LogP contribution < -0.4 is 5.32 Å². The quantitative estimate of drug-likeness (QED) is 0.799. The lowest BCUT2D eigenvalue weighted by molar-refractivity contribution is -0.124. The Morgan fingerprint density at radius 3 is 2.44 bits per heavy atom. The van der Waals surface area contributed by atoms with E-state index in [-0.39, 0.29) is 19.1 Å². The number of rotatable bonds is 6. The number of aliphatic hydroxyl groups is 1. The zero-order chi connectivity index (χ0) is 13.8. The minimum absolute atomic E-state index is 0.0388. The van der Waals surface area contributed by atoms with Crippen molar-refractivity contribution >= 4 is 5.91 Å². The highest BCUT2D eigenvalue weighted by molar-refractivity contribution is 5.76. The van der Waals surface area contributed by atoms with E-state index in [4.69, 9.17) is 0 Å². The molecule has 0 spiro atoms. The van der Waals surface area contributed by atoms with E-state index in [9.17, 15) is 9.90 Å². The third-order valence-corrected chi connectivity index (χ3v) is 3.46. The van der Waals surface area contributed by atoms with E-state index in [1.54, 1.807) is 4.68 Å². The molecule has 0 aliphatic heterocycles. The first-order chi connectivity index (χ1) is 8.46. The van der Waals surface area contributed by atoms with Gasteiger partial charge in [0, 0.05) is 5.69 Å². The van der Waals surface area contributed by atoms with Crippen LogP contribution in [0.3, 0.4) is 0 Å². The van der Waals surface area contributed by atoms with E-state index in [1.165, 1.54) is 0 Å². The van der Waals surface area contributed by atoms with E-state index < -0.39 is 5.54 Å². The van der Waals surface area contributed by atoms with Gasteiger partial charge in [0.2, 0.25) is 5.91 Å². The maximum Gasteiger partial charge on any atom is 0.242 e. The summed E-state index contributed by atoms with van der Waals surface area (Å²) in [6.07, 6.45) is 1.42. The maximum absolute atomic E-state index is 12.0. The first-order valence-corrected chi connectivity index (χ1v) is 6.39. The number of amides is 1. The molecule has 0 aromatic carbocycles. The molecule has 0 saturated carbocycles. The predicted molar refractivity (Wildman–Crippen MR) is 70.2 cm³/mol. The van der Waals surface area contributed by atoms with Gasteiger partial charge in [-0.3, -0.25) is 9.48 Å². The lowest BCUT2D eigenvalue weighted by Crippen LogP contribution is -2.51. The van der Waals surface area contributed by atoms with Gasteiger partial charge in [-0.25, -0.2) is 0 Å². The zero-order valence-electron chi connectivity index (χ0n) is 11.7. The second kappa shape index (κ2) is 6.00. The summed E-state index contributed by atoms with van der Waals surface area (Å²) in [5.74, 6) is -0.112. The average Bonchev–Trinajstić information content (AvgIpc) is 2.65. The fourth-order valence-electron chi connectivity index (χ4n) is 2.00. The van der Waals surface area contributed by atoms with Crippen LogP contribution in [-0.4, -0.2) is 32.9 Å². The smallest absolute Gasteiger partial charge is 0.242 e. The van der Waals surface area contributed by atoms with Crippen LogP contribution in [0.15, 0.2) is 6.07 Å². The summed E-state index contributed by atoms with van der Waals surface area (Å²) in [7, 11) is 0. The molecule has 2 N–H and O–H groups in total. The Kier molecular flexibility index (Phi) is 4.90. The van der Waals surface area contributed by atoms with Gasteiger partial charge in [-0.1, -0.05) is 13.8 Å². The standard InChI is InChI=1S/C13H23N3O2/c1-5-13(6-2,9-17)14-12(18)8-16-11(4)7-10(3)15-16/h7,17H,5-6,8-9H2,1-4H3,(H,14,18). The molecule has 1 amide bonds. The van der Waals surface area contributed by atoms with Crippen LogP contribution in [0.2, 0.25) is 0 Å². The molecule has 1 aromatic rings. The molecule has 1 heterocycles. The molecule has 0 aliphatic rings. The molecule has 1 rings (SSSR count). The van der Waals surface area contributed by atoms with Crippen LogP contribution in [0.5, 0.6) is 0 Å². The molecule has 0 unspecified atom stereocenters. The van der Waals surface area contributed by atoms with E-state index in [2.05, 4.69) is 10.4 Å². The Bertz CT molecular complexity index is 400. The normalized spacial score (nSPS) is 11.6. The van der Waals surface area contributed by atoms with E-state index >= 15 is 0 Å². The van der Waals surface area contributed by atoms with Crippen molar-refractivity contribution in [3.05, 3.63) is 17.5 Å². The number of hydrogen-bond acceptors (Lipinski definition) is 3. The molecule has 0 radical (unpaired) electrons. The van der Waals surface area contributed by atoms with Crippen LogP contribution >= 0.6 is 0 Å². The molecule has 102 valence electrons. The number of nitrogens with zero attached hydrogens (tertiary/aromatic N) is 2. The fraction of sp³-hybridized carbons (Fsp3) is 0.692. The highest BCUT2D eigenvalue weighted by Gasteiger charge is 2.27. The van der Waals surface area contributed by atoms with Crippen LogP contribution in [0, 0.1) is 13.8 Å². The third kappa shape index (κ3) is 3.32. The average molecular weight is 253 g/mol. The van der Waals surface area contributed by atoms with E-state index in [0.29, 0.717) is 12.8 Å². The Hall–Kier alpha value is -1.36. The van der Waals surface area contributed by atoms with Crippen molar-refractivity contribution < 1.29 is 9.90 Å². The third-order valence-electron chi connectivity index (χ3n) is 3.46. The Morgan fingerprint density at radius 2 is 2.06 bits per heavy atom. The van der Waals surface area contributed by atoms with Crippen molar-refractivity contribution in [3.8, 4) is 0 Å². The van der Waals surface area contributed by atoms with Crippen molar-refractivity contribution in [3.63, 3.8) is 0 Å². The Balaban J connectivity index is 2.69. The minimum Gasteiger partial charge on any atom is -0.394 e. The van der Waals surface area contributed by atoms with Gasteiger partial charge in [0.25, 0.3) is 0 Å². The topological polar surface area (TPSA) is 67.2 Å². The fourth-order valence-corrected chi connectivity index (χ4v) is 2.00. The van der Waals surface area contributed by atoms with Gasteiger partial charge >= 0.3 is 0 Å². The summed E-state index contributed by atoms with van der Waals surface area (Å²) in [5, 5.41) is 16.6. The number of aryl methyl sites for hydroxylation is 2. The Morgan fingerprint density at radius 1 is 1.44 bits per heavy atom. The lowest BCUT2D eigenvalue weighted by Gasteiger charge is -2.30. The molecular weight excluding hydrogens is 230 g/mol. The molecule has 0 bridgehead atoms. The van der Waals surface area contributed by atoms with Gasteiger partial charge < -0.3 is 10.4 Å². The number of aliphatic hydroxyl groups excluding tert-OH is 1. The summed E-state index contributed by atoms with van der Waals surface area (Å²) in [6, 6.07) is 1.94. The van der Waals surface area contributed by atoms with E-state index in [0.717, 1.165) is 11.4 Å². The van der Waals surface area contributed by atoms with Crippen molar-refractivity contribution in [1.29, 1.82) is 0 Å². The molecule has 5 heteroatoms. The molecule has 0 fully saturated rings. The van der Waals surface area contributed by atoms with Crippen molar-refractivity contribution in [2.45, 2.75) is 52.6 Å². The number of hydrogen-bond donors (Lipinski definition) is 2. The van der Waals surface area contributed by atoms with Gasteiger partial charge in [-0.2, -0.15) is 5.10 Å². The molecule has 18 heavy (non-hydrogen) atoms. The lowest BCUT2D eigenvalue weighted by atomic mass is 9.94. The minimum atomic E-state index is -0.507. The van der Waals surface area contributed by atoms with Crippen LogP contribution in [0.25, 0.3) is 0 Å². The molecule has 1 aromatic heterocycles. The van der Waals surface area contributed by atoms with Gasteiger partial charge in [0.05, 0.1) is 17.8 Å². The summed E-state index contributed by atoms with van der Waals surface area (Å²) in [6.45, 7) is 7.90. The highest BCUT2D eigenvalue weighted by atomic mass is 16.3. The highest BCUT2D eigenvalue weighted by Crippen LogP contribution is 2.14. The molecular formula is C13H23N3O2. The summed E-state index contributed by atoms with van der Waals surface area (Å²) >= 11 is 0. The molecule has 0 atom stereocenters. The van der Waals surface area contributed by atoms with Crippen molar-refractivity contribution in [2.75, 3.05) is 6.61 Å². The van der Waals surface area contributed by atoms with Gasteiger partial charge in [-0.05, 0) is 32.8 Å². The molecule has 5 nitrogen and oxygen atoms in total. The van der Waals surface area contributed by atoms with Crippen molar-refractivity contribution in [2.24, 2.45) is 0 Å². The first-order valence-electron chi connectivity index (χ1n) is 6.39. The number of carbonyl (C=O) groups is 1. The molecule has 0 aliphatic carbocycles. The van der Waals surface area contributed by atoms with Gasteiger partial charge in [-0.15, -0.1) is 0 Å². The number of carbonyl (C=O) groups excluding carboxylic acids is 1. The predicted octanol–water partition coefficient (Wildman–Crippen LogP) is 1.17. The molecule has 0 saturated heterocycles. The largest absolute Gasteiger partial charge is 0.394 e. The second-order valence-corrected chi connectivity index (χ2v) is 4.78. The monoisotopic (exact) mass is 253 g/mol. The Labute approximate surface area is 108 Å². The van der Waals surface area contributed by atoms with Crippen LogP contribution in [-0.2, 0) is 11.3 Å². The zero-order valence-corrected chi connectivity index (χ0v) is 11.7. The summed E-state index contributed by atoms with van der Waals surface area (Å²) in [5.41, 5.74) is 1.36. The SMILES string of the molecule is CCC(CC)(CO)NC(=O)Cn1nc(C)cc1C. The second-order valence-electron chi connectivity index (χ2n) is 4.78. The van der Waals surface area contributed by atoms with Crippen LogP contribution in [0.4, 0.5) is 0 Å². The van der Waals surface area contributed by atoms with Gasteiger partial charge in [0.15, 0.2) is 0 Å². The summed E-state index contributed by atoms with van der Waals surface area (Å²) in [4.78, 5) is 12.0.